The summed E-state index contributed by atoms with van der Waals surface area (Å²) in [6.07, 6.45) is 5.01. The van der Waals surface area contributed by atoms with Gasteiger partial charge in [0.25, 0.3) is 5.91 Å². The molecule has 0 saturated carbocycles. The first-order valence-electron chi connectivity index (χ1n) is 9.15. The van der Waals surface area contributed by atoms with Gasteiger partial charge in [-0.05, 0) is 30.7 Å². The molecular formula is C19H20N6O3S. The fourth-order valence-electron chi connectivity index (χ4n) is 3.10. The van der Waals surface area contributed by atoms with Crippen LogP contribution in [-0.2, 0) is 6.42 Å². The normalized spacial score (nSPS) is 12.4. The van der Waals surface area contributed by atoms with E-state index in [2.05, 4.69) is 20.6 Å². The van der Waals surface area contributed by atoms with E-state index in [0.717, 1.165) is 21.8 Å². The number of nitrogens with one attached hydrogen (secondary N) is 1. The number of hydrogen-bond acceptors (Lipinski definition) is 7. The quantitative estimate of drug-likeness (QED) is 0.422. The average Bonchev–Trinajstić information content (AvgIpc) is 3.47. The summed E-state index contributed by atoms with van der Waals surface area (Å²) in [6.45, 7) is 2.14. The number of benzene rings is 1. The first-order chi connectivity index (χ1) is 14.1. The van der Waals surface area contributed by atoms with Crippen LogP contribution in [0.15, 0.2) is 43.0 Å². The molecule has 3 aromatic heterocycles. The Balaban J connectivity index is 1.58. The zero-order valence-corrected chi connectivity index (χ0v) is 16.5. The van der Waals surface area contributed by atoms with Crippen molar-refractivity contribution in [2.24, 2.45) is 0 Å². The highest BCUT2D eigenvalue weighted by atomic mass is 32.1. The van der Waals surface area contributed by atoms with E-state index in [-0.39, 0.29) is 19.1 Å². The number of thiazole rings is 1. The minimum Gasteiger partial charge on any atom is -0.395 e. The third kappa shape index (κ3) is 3.65. The summed E-state index contributed by atoms with van der Waals surface area (Å²) in [4.78, 5) is 18.1. The van der Waals surface area contributed by atoms with Crippen LogP contribution in [0, 0.1) is 0 Å². The van der Waals surface area contributed by atoms with Gasteiger partial charge in [-0.25, -0.2) is 9.67 Å². The minimum atomic E-state index is -0.926. The second-order valence-electron chi connectivity index (χ2n) is 6.38. The van der Waals surface area contributed by atoms with E-state index in [1.165, 1.54) is 0 Å². The highest BCUT2D eigenvalue weighted by molar-refractivity contribution is 7.17. The first kappa shape index (κ1) is 19.2. The molecule has 10 heteroatoms. The second-order valence-corrected chi connectivity index (χ2v) is 7.50. The van der Waals surface area contributed by atoms with Gasteiger partial charge in [0.2, 0.25) is 0 Å². The molecule has 3 N–H and O–H groups in total. The van der Waals surface area contributed by atoms with Gasteiger partial charge in [0, 0.05) is 17.0 Å². The lowest BCUT2D eigenvalue weighted by Crippen LogP contribution is -2.26. The maximum absolute atomic E-state index is 11.9. The maximum atomic E-state index is 11.9. The van der Waals surface area contributed by atoms with Gasteiger partial charge in [0.1, 0.15) is 23.0 Å². The smallest absolute Gasteiger partial charge is 0.251 e. The van der Waals surface area contributed by atoms with E-state index < -0.39 is 6.10 Å². The number of carbonyl (C=O) groups excluding carboxylic acids is 1. The number of rotatable bonds is 7. The Bertz CT molecular complexity index is 1130. The van der Waals surface area contributed by atoms with Gasteiger partial charge in [-0.2, -0.15) is 0 Å². The van der Waals surface area contributed by atoms with E-state index in [1.807, 2.05) is 11.3 Å². The summed E-state index contributed by atoms with van der Waals surface area (Å²) in [5.41, 5.74) is 2.38. The molecule has 1 unspecified atom stereocenters. The summed E-state index contributed by atoms with van der Waals surface area (Å²) in [5, 5.41) is 30.6. The second kappa shape index (κ2) is 8.11. The third-order valence-corrected chi connectivity index (χ3v) is 5.80. The summed E-state index contributed by atoms with van der Waals surface area (Å²) in [7, 11) is 0. The monoisotopic (exact) mass is 412 g/mol. The number of aliphatic hydroxyl groups excluding tert-OH is 2. The zero-order chi connectivity index (χ0) is 20.4. The van der Waals surface area contributed by atoms with Gasteiger partial charge in [-0.1, -0.05) is 12.1 Å². The van der Waals surface area contributed by atoms with Crippen molar-refractivity contribution in [3.8, 4) is 5.69 Å². The van der Waals surface area contributed by atoms with Crippen molar-refractivity contribution in [2.45, 2.75) is 19.4 Å². The SMILES string of the molecule is CCc1sc2cncn2c1C(O)c1cn(-c2ccc(C(=O)NCCO)cc2)nn1. The molecule has 3 heterocycles. The number of carbonyl (C=O) groups is 1. The Morgan fingerprint density at radius 3 is 2.83 bits per heavy atom. The fourth-order valence-corrected chi connectivity index (χ4v) is 4.16. The van der Waals surface area contributed by atoms with Crippen LogP contribution in [0.4, 0.5) is 0 Å². The Kier molecular flexibility index (Phi) is 5.38. The Hall–Kier alpha value is -3.08. The molecule has 29 heavy (non-hydrogen) atoms. The number of amides is 1. The van der Waals surface area contributed by atoms with E-state index in [4.69, 9.17) is 5.11 Å². The molecular weight excluding hydrogens is 392 g/mol. The molecule has 4 aromatic rings. The number of aliphatic hydroxyl groups is 2. The predicted octanol–water partition coefficient (Wildman–Crippen LogP) is 1.34. The van der Waals surface area contributed by atoms with Gasteiger partial charge < -0.3 is 15.5 Å². The molecule has 0 aliphatic rings. The minimum absolute atomic E-state index is 0.108. The summed E-state index contributed by atoms with van der Waals surface area (Å²) in [5.74, 6) is -0.255. The van der Waals surface area contributed by atoms with Crippen molar-refractivity contribution < 1.29 is 15.0 Å². The average molecular weight is 412 g/mol. The predicted molar refractivity (Wildman–Crippen MR) is 107 cm³/mol. The molecule has 0 fully saturated rings. The molecule has 150 valence electrons. The number of hydrogen-bond donors (Lipinski definition) is 3. The van der Waals surface area contributed by atoms with E-state index in [1.54, 1.807) is 59.0 Å². The molecule has 9 nitrogen and oxygen atoms in total. The van der Waals surface area contributed by atoms with Crippen LogP contribution in [-0.4, -0.2) is 53.7 Å². The molecule has 1 atom stereocenters. The van der Waals surface area contributed by atoms with Crippen LogP contribution in [0.1, 0.15) is 39.7 Å². The standard InChI is InChI=1S/C19H20N6O3S/c1-2-15-17(24-11-20-9-16(24)29-15)18(27)14-10-25(23-22-14)13-5-3-12(4-6-13)19(28)21-7-8-26/h3-6,9-11,18,26-27H,2,7-8H2,1H3,(H,21,28). The van der Waals surface area contributed by atoms with Crippen LogP contribution in [0.25, 0.3) is 10.5 Å². The number of nitrogens with zero attached hydrogens (tertiary/aromatic N) is 5. The van der Waals surface area contributed by atoms with Gasteiger partial charge in [0.05, 0.1) is 30.4 Å². The van der Waals surface area contributed by atoms with Crippen molar-refractivity contribution >= 4 is 22.1 Å². The molecule has 0 aliphatic heterocycles. The first-order valence-corrected chi connectivity index (χ1v) is 9.97. The number of fused-ring (bicyclic) bond motifs is 1. The topological polar surface area (TPSA) is 118 Å². The molecule has 1 amide bonds. The summed E-state index contributed by atoms with van der Waals surface area (Å²) >= 11 is 1.60. The van der Waals surface area contributed by atoms with E-state index in [9.17, 15) is 9.90 Å². The van der Waals surface area contributed by atoms with Crippen LogP contribution in [0.2, 0.25) is 0 Å². The van der Waals surface area contributed by atoms with Crippen molar-refractivity contribution in [2.75, 3.05) is 13.2 Å². The molecule has 0 bridgehead atoms. The lowest BCUT2D eigenvalue weighted by molar-refractivity contribution is 0.0945. The van der Waals surface area contributed by atoms with Crippen molar-refractivity contribution in [3.63, 3.8) is 0 Å². The number of aromatic nitrogens is 5. The van der Waals surface area contributed by atoms with Gasteiger partial charge >= 0.3 is 0 Å². The van der Waals surface area contributed by atoms with Crippen LogP contribution in [0.3, 0.4) is 0 Å². The molecule has 0 saturated heterocycles. The Morgan fingerprint density at radius 2 is 2.10 bits per heavy atom. The van der Waals surface area contributed by atoms with Gasteiger partial charge in [-0.15, -0.1) is 16.4 Å². The molecule has 1 aromatic carbocycles. The summed E-state index contributed by atoms with van der Waals surface area (Å²) in [6, 6.07) is 6.83. The highest BCUT2D eigenvalue weighted by Crippen LogP contribution is 2.31. The third-order valence-electron chi connectivity index (χ3n) is 4.54. The van der Waals surface area contributed by atoms with E-state index >= 15 is 0 Å². The molecule has 0 radical (unpaired) electrons. The summed E-state index contributed by atoms with van der Waals surface area (Å²) < 4.78 is 3.43. The highest BCUT2D eigenvalue weighted by Gasteiger charge is 2.23. The lowest BCUT2D eigenvalue weighted by atomic mass is 10.1. The Labute approximate surface area is 170 Å². The lowest BCUT2D eigenvalue weighted by Gasteiger charge is -2.09. The Morgan fingerprint density at radius 1 is 1.31 bits per heavy atom. The van der Waals surface area contributed by atoms with Crippen LogP contribution in [0.5, 0.6) is 0 Å². The largest absolute Gasteiger partial charge is 0.395 e. The van der Waals surface area contributed by atoms with Gasteiger partial charge in [0.15, 0.2) is 0 Å². The fraction of sp³-hybridized carbons (Fsp3) is 0.263. The molecule has 0 aliphatic carbocycles. The molecule has 0 spiro atoms. The zero-order valence-electron chi connectivity index (χ0n) is 15.7. The molecule has 4 rings (SSSR count). The van der Waals surface area contributed by atoms with Gasteiger partial charge in [-0.3, -0.25) is 9.20 Å². The van der Waals surface area contributed by atoms with Crippen molar-refractivity contribution in [1.82, 2.24) is 29.7 Å². The van der Waals surface area contributed by atoms with Crippen molar-refractivity contribution in [1.29, 1.82) is 0 Å². The van der Waals surface area contributed by atoms with Crippen molar-refractivity contribution in [3.05, 3.63) is 64.8 Å². The van der Waals surface area contributed by atoms with Crippen LogP contribution < -0.4 is 5.32 Å². The number of aryl methyl sites for hydroxylation is 1. The number of imidazole rings is 1. The maximum Gasteiger partial charge on any atom is 0.251 e. The van der Waals surface area contributed by atoms with E-state index in [0.29, 0.717) is 16.9 Å². The van der Waals surface area contributed by atoms with Crippen LogP contribution >= 0.6 is 11.3 Å².